The first-order chi connectivity index (χ1) is 11.2. The van der Waals surface area contributed by atoms with Crippen LogP contribution in [-0.4, -0.2) is 49.7 Å². The van der Waals surface area contributed by atoms with Gasteiger partial charge in [0.1, 0.15) is 0 Å². The summed E-state index contributed by atoms with van der Waals surface area (Å²) in [6.45, 7) is 4.06. The van der Waals surface area contributed by atoms with Gasteiger partial charge in [-0.3, -0.25) is 9.69 Å². The first kappa shape index (κ1) is 16.9. The van der Waals surface area contributed by atoms with Crippen molar-refractivity contribution in [1.29, 1.82) is 0 Å². The summed E-state index contributed by atoms with van der Waals surface area (Å²) < 4.78 is 5.46. The second kappa shape index (κ2) is 8.24. The molecule has 1 aliphatic heterocycles. The maximum atomic E-state index is 12.5. The van der Waals surface area contributed by atoms with Crippen molar-refractivity contribution in [3.05, 3.63) is 22.4 Å². The van der Waals surface area contributed by atoms with Crippen LogP contribution in [0.5, 0.6) is 0 Å². The van der Waals surface area contributed by atoms with Crippen molar-refractivity contribution in [3.63, 3.8) is 0 Å². The van der Waals surface area contributed by atoms with Crippen molar-refractivity contribution in [2.45, 2.75) is 37.8 Å². The lowest BCUT2D eigenvalue weighted by atomic mass is 9.85. The molecule has 1 aliphatic carbocycles. The van der Waals surface area contributed by atoms with E-state index in [0.29, 0.717) is 6.54 Å². The van der Waals surface area contributed by atoms with E-state index in [1.165, 1.54) is 4.88 Å². The van der Waals surface area contributed by atoms with Crippen LogP contribution in [-0.2, 0) is 9.53 Å². The van der Waals surface area contributed by atoms with Crippen molar-refractivity contribution < 1.29 is 9.53 Å². The zero-order chi connectivity index (χ0) is 16.1. The van der Waals surface area contributed by atoms with Crippen LogP contribution in [0.4, 0.5) is 0 Å². The van der Waals surface area contributed by atoms with Gasteiger partial charge in [-0.05, 0) is 30.7 Å². The third kappa shape index (κ3) is 4.53. The third-order valence-corrected chi connectivity index (χ3v) is 5.89. The molecule has 3 atom stereocenters. The maximum Gasteiger partial charge on any atom is 0.223 e. The quantitative estimate of drug-likeness (QED) is 0.859. The van der Waals surface area contributed by atoms with Gasteiger partial charge < -0.3 is 15.8 Å². The largest absolute Gasteiger partial charge is 0.379 e. The SMILES string of the molecule is NC1CCCC(C(=O)NCC(c2cccs2)N2CCOCC2)C1. The summed E-state index contributed by atoms with van der Waals surface area (Å²) >= 11 is 1.76. The van der Waals surface area contributed by atoms with Crippen molar-refractivity contribution in [2.24, 2.45) is 11.7 Å². The van der Waals surface area contributed by atoms with E-state index >= 15 is 0 Å². The van der Waals surface area contributed by atoms with E-state index in [1.54, 1.807) is 11.3 Å². The molecule has 1 saturated carbocycles. The molecule has 2 fully saturated rings. The van der Waals surface area contributed by atoms with E-state index in [-0.39, 0.29) is 23.9 Å². The molecule has 0 aromatic carbocycles. The fourth-order valence-electron chi connectivity index (χ4n) is 3.59. The zero-order valence-electron chi connectivity index (χ0n) is 13.6. The Morgan fingerprint density at radius 2 is 2.26 bits per heavy atom. The standard InChI is InChI=1S/C17H27N3O2S/c18-14-4-1-3-13(11-14)17(21)19-12-15(16-5-2-10-23-16)20-6-8-22-9-7-20/h2,5,10,13-15H,1,3-4,6-9,11-12,18H2,(H,19,21). The van der Waals surface area contributed by atoms with Crippen LogP contribution in [0.25, 0.3) is 0 Å². The minimum Gasteiger partial charge on any atom is -0.379 e. The predicted molar refractivity (Wildman–Crippen MR) is 92.4 cm³/mol. The first-order valence-electron chi connectivity index (χ1n) is 8.62. The Hall–Kier alpha value is -0.950. The van der Waals surface area contributed by atoms with E-state index in [9.17, 15) is 4.79 Å². The molecule has 0 bridgehead atoms. The zero-order valence-corrected chi connectivity index (χ0v) is 14.4. The fourth-order valence-corrected chi connectivity index (χ4v) is 4.45. The molecule has 1 aromatic rings. The van der Waals surface area contributed by atoms with Crippen molar-refractivity contribution in [3.8, 4) is 0 Å². The number of rotatable bonds is 5. The molecule has 2 heterocycles. The lowest BCUT2D eigenvalue weighted by molar-refractivity contribution is -0.126. The fraction of sp³-hybridized carbons (Fsp3) is 0.706. The molecule has 3 rings (SSSR count). The Bertz CT molecular complexity index is 488. The number of nitrogens with two attached hydrogens (primary N) is 1. The molecular formula is C17H27N3O2S. The van der Waals surface area contributed by atoms with Gasteiger partial charge in [-0.25, -0.2) is 0 Å². The topological polar surface area (TPSA) is 67.6 Å². The number of nitrogens with zero attached hydrogens (tertiary/aromatic N) is 1. The number of carbonyl (C=O) groups excluding carboxylic acids is 1. The molecule has 23 heavy (non-hydrogen) atoms. The first-order valence-corrected chi connectivity index (χ1v) is 9.50. The summed E-state index contributed by atoms with van der Waals surface area (Å²) in [6, 6.07) is 4.68. The summed E-state index contributed by atoms with van der Waals surface area (Å²) in [6.07, 6.45) is 3.92. The van der Waals surface area contributed by atoms with Crippen LogP contribution in [0.3, 0.4) is 0 Å². The van der Waals surface area contributed by atoms with E-state index in [0.717, 1.165) is 52.0 Å². The van der Waals surface area contributed by atoms with E-state index in [2.05, 4.69) is 27.7 Å². The number of carbonyl (C=O) groups is 1. The molecule has 1 saturated heterocycles. The molecule has 1 amide bonds. The molecule has 2 aliphatic rings. The normalized spacial score (nSPS) is 27.5. The Morgan fingerprint density at radius 1 is 1.43 bits per heavy atom. The Labute approximate surface area is 142 Å². The average molecular weight is 337 g/mol. The summed E-state index contributed by atoms with van der Waals surface area (Å²) in [5.74, 6) is 0.266. The molecule has 0 radical (unpaired) electrons. The Balaban J connectivity index is 1.58. The molecule has 3 unspecified atom stereocenters. The molecule has 0 spiro atoms. The predicted octanol–water partition coefficient (Wildman–Crippen LogP) is 1.76. The molecule has 128 valence electrons. The number of hydrogen-bond donors (Lipinski definition) is 2. The van der Waals surface area contributed by atoms with Gasteiger partial charge in [0, 0.05) is 36.5 Å². The highest BCUT2D eigenvalue weighted by Gasteiger charge is 2.28. The number of nitrogens with one attached hydrogen (secondary N) is 1. The van der Waals surface area contributed by atoms with Gasteiger partial charge in [0.25, 0.3) is 0 Å². The smallest absolute Gasteiger partial charge is 0.223 e. The number of amides is 1. The average Bonchev–Trinajstić information content (AvgIpc) is 3.10. The minimum absolute atomic E-state index is 0.0902. The number of thiophene rings is 1. The summed E-state index contributed by atoms with van der Waals surface area (Å²) in [5, 5.41) is 5.29. The summed E-state index contributed by atoms with van der Waals surface area (Å²) in [5.41, 5.74) is 6.01. The second-order valence-electron chi connectivity index (χ2n) is 6.55. The van der Waals surface area contributed by atoms with Crippen LogP contribution in [0.2, 0.25) is 0 Å². The van der Waals surface area contributed by atoms with Crippen LogP contribution >= 0.6 is 11.3 Å². The molecule has 3 N–H and O–H groups in total. The monoisotopic (exact) mass is 337 g/mol. The minimum atomic E-state index is 0.0902. The molecule has 6 heteroatoms. The van der Waals surface area contributed by atoms with E-state index < -0.39 is 0 Å². The van der Waals surface area contributed by atoms with Crippen molar-refractivity contribution in [1.82, 2.24) is 10.2 Å². The van der Waals surface area contributed by atoms with Gasteiger partial charge in [-0.15, -0.1) is 11.3 Å². The molecule has 5 nitrogen and oxygen atoms in total. The lowest BCUT2D eigenvalue weighted by Gasteiger charge is -2.34. The summed E-state index contributed by atoms with van der Waals surface area (Å²) in [7, 11) is 0. The Morgan fingerprint density at radius 3 is 2.96 bits per heavy atom. The van der Waals surface area contributed by atoms with Gasteiger partial charge in [-0.1, -0.05) is 12.5 Å². The summed E-state index contributed by atoms with van der Waals surface area (Å²) in [4.78, 5) is 16.2. The van der Waals surface area contributed by atoms with Crippen LogP contribution in [0.1, 0.15) is 36.6 Å². The van der Waals surface area contributed by atoms with E-state index in [1.807, 2.05) is 0 Å². The number of morpholine rings is 1. The van der Waals surface area contributed by atoms with Crippen molar-refractivity contribution in [2.75, 3.05) is 32.8 Å². The highest BCUT2D eigenvalue weighted by molar-refractivity contribution is 7.10. The highest BCUT2D eigenvalue weighted by Crippen LogP contribution is 2.27. The van der Waals surface area contributed by atoms with Gasteiger partial charge in [0.05, 0.1) is 19.3 Å². The maximum absolute atomic E-state index is 12.5. The van der Waals surface area contributed by atoms with Crippen molar-refractivity contribution >= 4 is 17.2 Å². The van der Waals surface area contributed by atoms with Crippen LogP contribution < -0.4 is 11.1 Å². The van der Waals surface area contributed by atoms with Crippen LogP contribution in [0, 0.1) is 5.92 Å². The van der Waals surface area contributed by atoms with Gasteiger partial charge in [-0.2, -0.15) is 0 Å². The number of ether oxygens (including phenoxy) is 1. The second-order valence-corrected chi connectivity index (χ2v) is 7.53. The van der Waals surface area contributed by atoms with Gasteiger partial charge in [0.15, 0.2) is 0 Å². The highest BCUT2D eigenvalue weighted by atomic mass is 32.1. The van der Waals surface area contributed by atoms with Crippen LogP contribution in [0.15, 0.2) is 17.5 Å². The molecular weight excluding hydrogens is 310 g/mol. The third-order valence-electron chi connectivity index (χ3n) is 4.91. The van der Waals surface area contributed by atoms with E-state index in [4.69, 9.17) is 10.5 Å². The van der Waals surface area contributed by atoms with Gasteiger partial charge in [0.2, 0.25) is 5.91 Å². The number of hydrogen-bond acceptors (Lipinski definition) is 5. The van der Waals surface area contributed by atoms with Gasteiger partial charge >= 0.3 is 0 Å². The Kier molecular flexibility index (Phi) is 6.05. The lowest BCUT2D eigenvalue weighted by Crippen LogP contribution is -2.45. The molecule has 1 aromatic heterocycles.